The molecule has 0 aromatic heterocycles. The molecular formula is C12H19FN2O3S. The van der Waals surface area contributed by atoms with E-state index in [2.05, 4.69) is 4.72 Å². The second-order valence-corrected chi connectivity index (χ2v) is 6.80. The Kier molecular flexibility index (Phi) is 4.23. The van der Waals surface area contributed by atoms with Crippen LogP contribution in [-0.2, 0) is 10.0 Å². The van der Waals surface area contributed by atoms with Gasteiger partial charge in [0, 0.05) is 11.3 Å². The minimum Gasteiger partial charge on any atom is -0.398 e. The third-order valence-corrected chi connectivity index (χ3v) is 4.76. The number of aliphatic hydroxyl groups excluding tert-OH is 1. The number of nitrogen functional groups attached to an aromatic ring is 1. The highest BCUT2D eigenvalue weighted by atomic mass is 32.2. The summed E-state index contributed by atoms with van der Waals surface area (Å²) in [6, 6.07) is 2.10. The van der Waals surface area contributed by atoms with Crippen LogP contribution in [0.15, 0.2) is 17.0 Å². The highest BCUT2D eigenvalue weighted by molar-refractivity contribution is 7.89. The maximum Gasteiger partial charge on any atom is 0.241 e. The first-order valence-electron chi connectivity index (χ1n) is 5.75. The second kappa shape index (κ2) is 5.07. The minimum atomic E-state index is -3.95. The summed E-state index contributed by atoms with van der Waals surface area (Å²) in [7, 11) is -3.95. The Balaban J connectivity index is 3.22. The summed E-state index contributed by atoms with van der Waals surface area (Å²) in [6.45, 7) is 5.99. The van der Waals surface area contributed by atoms with Gasteiger partial charge in [-0.05, 0) is 39.8 Å². The zero-order chi connectivity index (χ0) is 15.0. The molecule has 0 radical (unpaired) electrons. The number of benzene rings is 1. The zero-order valence-electron chi connectivity index (χ0n) is 11.4. The SMILES string of the molecule is Cc1c(N)cc(S(=O)(=O)NC(C)(C)C(C)O)cc1F. The van der Waals surface area contributed by atoms with Crippen LogP contribution in [0, 0.1) is 12.7 Å². The van der Waals surface area contributed by atoms with Gasteiger partial charge in [0.05, 0.1) is 16.5 Å². The first kappa shape index (κ1) is 15.9. The predicted molar refractivity (Wildman–Crippen MR) is 71.6 cm³/mol. The van der Waals surface area contributed by atoms with Crippen molar-refractivity contribution in [2.45, 2.75) is 44.2 Å². The monoisotopic (exact) mass is 290 g/mol. The van der Waals surface area contributed by atoms with Gasteiger partial charge in [-0.25, -0.2) is 17.5 Å². The fraction of sp³-hybridized carbons (Fsp3) is 0.500. The number of nitrogens with two attached hydrogens (primary N) is 1. The van der Waals surface area contributed by atoms with Gasteiger partial charge >= 0.3 is 0 Å². The predicted octanol–water partition coefficient (Wildman–Crippen LogP) is 1.15. The lowest BCUT2D eigenvalue weighted by Crippen LogP contribution is -2.50. The van der Waals surface area contributed by atoms with E-state index in [4.69, 9.17) is 5.73 Å². The van der Waals surface area contributed by atoms with Crippen LogP contribution >= 0.6 is 0 Å². The number of anilines is 1. The molecule has 19 heavy (non-hydrogen) atoms. The molecule has 0 aliphatic rings. The fourth-order valence-electron chi connectivity index (χ4n) is 1.32. The van der Waals surface area contributed by atoms with Crippen LogP contribution in [-0.4, -0.2) is 25.2 Å². The largest absolute Gasteiger partial charge is 0.398 e. The van der Waals surface area contributed by atoms with Crippen molar-refractivity contribution in [3.8, 4) is 0 Å². The normalized spacial score (nSPS) is 14.4. The Morgan fingerprint density at radius 2 is 1.95 bits per heavy atom. The molecular weight excluding hydrogens is 271 g/mol. The summed E-state index contributed by atoms with van der Waals surface area (Å²) in [6.07, 6.45) is -0.907. The molecule has 0 aliphatic heterocycles. The van der Waals surface area contributed by atoms with E-state index in [1.807, 2.05) is 0 Å². The van der Waals surface area contributed by atoms with Gasteiger partial charge in [-0.15, -0.1) is 0 Å². The van der Waals surface area contributed by atoms with Crippen molar-refractivity contribution in [2.75, 3.05) is 5.73 Å². The van der Waals surface area contributed by atoms with Gasteiger partial charge in [0.15, 0.2) is 0 Å². The smallest absolute Gasteiger partial charge is 0.241 e. The van der Waals surface area contributed by atoms with Gasteiger partial charge in [0.2, 0.25) is 10.0 Å². The lowest BCUT2D eigenvalue weighted by molar-refractivity contribution is 0.111. The third kappa shape index (κ3) is 3.43. The van der Waals surface area contributed by atoms with E-state index in [-0.39, 0.29) is 16.1 Å². The highest BCUT2D eigenvalue weighted by Gasteiger charge is 2.31. The topological polar surface area (TPSA) is 92.4 Å². The van der Waals surface area contributed by atoms with Crippen LogP contribution in [0.4, 0.5) is 10.1 Å². The summed E-state index contributed by atoms with van der Waals surface area (Å²) in [5, 5.41) is 9.52. The molecule has 1 rings (SSSR count). The summed E-state index contributed by atoms with van der Waals surface area (Å²) < 4.78 is 40.1. The molecule has 1 unspecified atom stereocenters. The molecule has 7 heteroatoms. The molecule has 108 valence electrons. The second-order valence-electron chi connectivity index (χ2n) is 5.12. The van der Waals surface area contributed by atoms with Crippen molar-refractivity contribution in [3.05, 3.63) is 23.5 Å². The fourth-order valence-corrected chi connectivity index (χ4v) is 2.84. The summed E-state index contributed by atoms with van der Waals surface area (Å²) >= 11 is 0. The van der Waals surface area contributed by atoms with E-state index >= 15 is 0 Å². The summed E-state index contributed by atoms with van der Waals surface area (Å²) in [5.41, 5.74) is 4.75. The van der Waals surface area contributed by atoms with E-state index in [0.717, 1.165) is 6.07 Å². The number of nitrogens with one attached hydrogen (secondary N) is 1. The Labute approximate surface area is 112 Å². The van der Waals surface area contributed by atoms with Crippen LogP contribution in [0.3, 0.4) is 0 Å². The van der Waals surface area contributed by atoms with Crippen molar-refractivity contribution >= 4 is 15.7 Å². The molecule has 0 heterocycles. The van der Waals surface area contributed by atoms with Gasteiger partial charge in [-0.3, -0.25) is 0 Å². The van der Waals surface area contributed by atoms with Gasteiger partial charge in [0.1, 0.15) is 5.82 Å². The molecule has 0 aliphatic carbocycles. The molecule has 0 saturated heterocycles. The number of aliphatic hydroxyl groups is 1. The number of hydrogen-bond donors (Lipinski definition) is 3. The Bertz CT molecular complexity index is 560. The Morgan fingerprint density at radius 3 is 2.37 bits per heavy atom. The van der Waals surface area contributed by atoms with Gasteiger partial charge in [0.25, 0.3) is 0 Å². The maximum atomic E-state index is 13.5. The Hall–Kier alpha value is -1.18. The van der Waals surface area contributed by atoms with Crippen molar-refractivity contribution in [1.82, 2.24) is 4.72 Å². The highest BCUT2D eigenvalue weighted by Crippen LogP contribution is 2.22. The molecule has 0 fully saturated rings. The third-order valence-electron chi connectivity index (χ3n) is 3.11. The van der Waals surface area contributed by atoms with Crippen molar-refractivity contribution in [2.24, 2.45) is 0 Å². The van der Waals surface area contributed by atoms with Crippen molar-refractivity contribution in [3.63, 3.8) is 0 Å². The lowest BCUT2D eigenvalue weighted by Gasteiger charge is -2.29. The van der Waals surface area contributed by atoms with Crippen LogP contribution in [0.2, 0.25) is 0 Å². The summed E-state index contributed by atoms with van der Waals surface area (Å²) in [4.78, 5) is -0.262. The molecule has 0 amide bonds. The number of hydrogen-bond acceptors (Lipinski definition) is 4. The number of sulfonamides is 1. The van der Waals surface area contributed by atoms with Crippen LogP contribution < -0.4 is 10.5 Å². The number of halogens is 1. The quantitative estimate of drug-likeness (QED) is 0.725. The zero-order valence-corrected chi connectivity index (χ0v) is 12.2. The molecule has 0 saturated carbocycles. The minimum absolute atomic E-state index is 0.0650. The lowest BCUT2D eigenvalue weighted by atomic mass is 10.0. The van der Waals surface area contributed by atoms with Gasteiger partial charge < -0.3 is 10.8 Å². The van der Waals surface area contributed by atoms with E-state index in [1.54, 1.807) is 0 Å². The maximum absolute atomic E-state index is 13.5. The van der Waals surface area contributed by atoms with Gasteiger partial charge in [-0.1, -0.05) is 0 Å². The van der Waals surface area contributed by atoms with Gasteiger partial charge in [-0.2, -0.15) is 0 Å². The van der Waals surface area contributed by atoms with Crippen LogP contribution in [0.5, 0.6) is 0 Å². The molecule has 1 aromatic rings. The first-order valence-corrected chi connectivity index (χ1v) is 7.23. The van der Waals surface area contributed by atoms with E-state index < -0.39 is 27.5 Å². The molecule has 4 N–H and O–H groups in total. The summed E-state index contributed by atoms with van der Waals surface area (Å²) in [5.74, 6) is -0.685. The van der Waals surface area contributed by atoms with E-state index in [9.17, 15) is 17.9 Å². The molecule has 0 bridgehead atoms. The molecule has 5 nitrogen and oxygen atoms in total. The molecule has 1 atom stereocenters. The molecule has 0 spiro atoms. The first-order chi connectivity index (χ1) is 8.47. The number of rotatable bonds is 4. The average Bonchev–Trinajstić information content (AvgIpc) is 2.23. The van der Waals surface area contributed by atoms with Crippen LogP contribution in [0.25, 0.3) is 0 Å². The van der Waals surface area contributed by atoms with E-state index in [0.29, 0.717) is 0 Å². The standard InChI is InChI=1S/C12H19FN2O3S/c1-7-10(13)5-9(6-11(7)14)19(17,18)15-12(3,4)8(2)16/h5-6,8,15-16H,14H2,1-4H3. The van der Waals surface area contributed by atoms with E-state index in [1.165, 1.54) is 33.8 Å². The van der Waals surface area contributed by atoms with Crippen LogP contribution in [0.1, 0.15) is 26.3 Å². The average molecular weight is 290 g/mol. The van der Waals surface area contributed by atoms with Crippen molar-refractivity contribution < 1.29 is 17.9 Å². The Morgan fingerprint density at radius 1 is 1.42 bits per heavy atom. The van der Waals surface area contributed by atoms with Crippen molar-refractivity contribution in [1.29, 1.82) is 0 Å². The molecule has 1 aromatic carbocycles.